The van der Waals surface area contributed by atoms with Gasteiger partial charge in [-0.3, -0.25) is 9.59 Å². The highest BCUT2D eigenvalue weighted by Gasteiger charge is 2.32. The number of nitrogens with one attached hydrogen (secondary N) is 1. The Kier molecular flexibility index (Phi) is 5.61. The Morgan fingerprint density at radius 2 is 2.30 bits per heavy atom. The summed E-state index contributed by atoms with van der Waals surface area (Å²) in [5.74, 6) is -1.20. The largest absolute Gasteiger partial charge is 0.504 e. The first-order valence-corrected chi connectivity index (χ1v) is 7.95. The molecule has 1 amide bonds. The van der Waals surface area contributed by atoms with Gasteiger partial charge in [-0.15, -0.1) is 5.10 Å². The third-order valence-electron chi connectivity index (χ3n) is 2.79. The number of thioether (sulfide) groups is 1. The lowest BCUT2D eigenvalue weighted by atomic mass is 10.2. The summed E-state index contributed by atoms with van der Waals surface area (Å²) in [6.07, 6.45) is 1.14. The molecular formula is C13H12BrN3O5S. The van der Waals surface area contributed by atoms with E-state index in [9.17, 15) is 14.7 Å². The SMILES string of the molecule is COc1c(O)ccc(C=NN=C2NC(=O)C(CC(=O)O)S2)c1Br. The van der Waals surface area contributed by atoms with Crippen molar-refractivity contribution in [1.82, 2.24) is 5.32 Å². The number of hydrogen-bond acceptors (Lipinski definition) is 7. The van der Waals surface area contributed by atoms with Gasteiger partial charge in [-0.05, 0) is 28.1 Å². The minimum absolute atomic E-state index is 0.0158. The number of carboxylic acid groups (broad SMARTS) is 1. The van der Waals surface area contributed by atoms with E-state index in [0.717, 1.165) is 11.8 Å². The molecular weight excluding hydrogens is 390 g/mol. The van der Waals surface area contributed by atoms with Crippen LogP contribution in [0.25, 0.3) is 0 Å². The number of rotatable bonds is 5. The van der Waals surface area contributed by atoms with Crippen molar-refractivity contribution in [3.8, 4) is 11.5 Å². The van der Waals surface area contributed by atoms with E-state index in [0.29, 0.717) is 10.0 Å². The molecule has 23 heavy (non-hydrogen) atoms. The van der Waals surface area contributed by atoms with Gasteiger partial charge in [0.05, 0.1) is 24.2 Å². The Hall–Kier alpha value is -2.07. The average molecular weight is 402 g/mol. The fourth-order valence-electron chi connectivity index (χ4n) is 1.74. The summed E-state index contributed by atoms with van der Waals surface area (Å²) < 4.78 is 5.56. The zero-order valence-corrected chi connectivity index (χ0v) is 14.2. The number of aliphatic carboxylic acids is 1. The van der Waals surface area contributed by atoms with Gasteiger partial charge >= 0.3 is 5.97 Å². The molecule has 10 heteroatoms. The number of phenolic OH excluding ortho intramolecular Hbond substituents is 1. The van der Waals surface area contributed by atoms with Crippen molar-refractivity contribution < 1.29 is 24.5 Å². The van der Waals surface area contributed by atoms with E-state index in [1.165, 1.54) is 19.4 Å². The normalized spacial score (nSPS) is 19.3. The van der Waals surface area contributed by atoms with Crippen LogP contribution >= 0.6 is 27.7 Å². The number of ether oxygens (including phenoxy) is 1. The molecule has 0 aliphatic carbocycles. The molecule has 1 atom stereocenters. The smallest absolute Gasteiger partial charge is 0.305 e. The van der Waals surface area contributed by atoms with Crippen molar-refractivity contribution in [3.63, 3.8) is 0 Å². The van der Waals surface area contributed by atoms with Crippen molar-refractivity contribution in [2.75, 3.05) is 7.11 Å². The minimum atomic E-state index is -1.05. The van der Waals surface area contributed by atoms with Crippen LogP contribution in [0.5, 0.6) is 11.5 Å². The van der Waals surface area contributed by atoms with E-state index in [1.807, 2.05) is 0 Å². The molecule has 8 nitrogen and oxygen atoms in total. The molecule has 0 saturated carbocycles. The number of nitrogens with zero attached hydrogens (tertiary/aromatic N) is 2. The molecule has 0 aromatic heterocycles. The monoisotopic (exact) mass is 401 g/mol. The van der Waals surface area contributed by atoms with Crippen LogP contribution in [-0.4, -0.2) is 45.8 Å². The topological polar surface area (TPSA) is 121 Å². The summed E-state index contributed by atoms with van der Waals surface area (Å²) >= 11 is 4.30. The first-order valence-electron chi connectivity index (χ1n) is 6.28. The third kappa shape index (κ3) is 4.23. The van der Waals surface area contributed by atoms with Crippen molar-refractivity contribution in [2.45, 2.75) is 11.7 Å². The number of benzene rings is 1. The lowest BCUT2D eigenvalue weighted by molar-refractivity contribution is -0.138. The van der Waals surface area contributed by atoms with Crippen LogP contribution in [-0.2, 0) is 9.59 Å². The number of carbonyl (C=O) groups is 2. The summed E-state index contributed by atoms with van der Waals surface area (Å²) in [7, 11) is 1.42. The number of amidine groups is 1. The number of amides is 1. The quantitative estimate of drug-likeness (QED) is 0.508. The van der Waals surface area contributed by atoms with E-state index in [4.69, 9.17) is 9.84 Å². The van der Waals surface area contributed by atoms with Gasteiger partial charge in [0.15, 0.2) is 16.7 Å². The molecule has 0 spiro atoms. The van der Waals surface area contributed by atoms with Crippen molar-refractivity contribution in [3.05, 3.63) is 22.2 Å². The summed E-state index contributed by atoms with van der Waals surface area (Å²) in [6, 6.07) is 3.06. The molecule has 2 rings (SSSR count). The predicted octanol–water partition coefficient (Wildman–Crippen LogP) is 1.56. The Morgan fingerprint density at radius 3 is 2.96 bits per heavy atom. The van der Waals surface area contributed by atoms with Gasteiger partial charge < -0.3 is 20.3 Å². The zero-order valence-electron chi connectivity index (χ0n) is 11.8. The van der Waals surface area contributed by atoms with Crippen LogP contribution in [0.15, 0.2) is 26.8 Å². The van der Waals surface area contributed by atoms with Gasteiger partial charge in [-0.2, -0.15) is 5.10 Å². The Bertz CT molecular complexity index is 707. The second-order valence-electron chi connectivity index (χ2n) is 4.36. The molecule has 1 aromatic carbocycles. The van der Waals surface area contributed by atoms with Gasteiger partial charge in [-0.1, -0.05) is 11.8 Å². The number of methoxy groups -OCH3 is 1. The van der Waals surface area contributed by atoms with Crippen LogP contribution in [0.2, 0.25) is 0 Å². The second kappa shape index (κ2) is 7.47. The lowest BCUT2D eigenvalue weighted by Crippen LogP contribution is -2.26. The number of carboxylic acids is 1. The second-order valence-corrected chi connectivity index (χ2v) is 6.35. The number of aromatic hydroxyl groups is 1. The van der Waals surface area contributed by atoms with Crippen molar-refractivity contribution in [1.29, 1.82) is 0 Å². The summed E-state index contributed by atoms with van der Waals surface area (Å²) in [5, 5.41) is 28.0. The highest BCUT2D eigenvalue weighted by atomic mass is 79.9. The average Bonchev–Trinajstić information content (AvgIpc) is 2.81. The van der Waals surface area contributed by atoms with Crippen molar-refractivity contribution in [2.24, 2.45) is 10.2 Å². The summed E-state index contributed by atoms with van der Waals surface area (Å²) in [4.78, 5) is 22.2. The zero-order chi connectivity index (χ0) is 17.0. The van der Waals surface area contributed by atoms with E-state index in [2.05, 4.69) is 31.4 Å². The maximum absolute atomic E-state index is 11.5. The number of phenols is 1. The Labute approximate surface area is 143 Å². The molecule has 122 valence electrons. The molecule has 1 aromatic rings. The van der Waals surface area contributed by atoms with Crippen LogP contribution in [0, 0.1) is 0 Å². The van der Waals surface area contributed by atoms with E-state index in [-0.39, 0.29) is 23.1 Å². The van der Waals surface area contributed by atoms with Crippen LogP contribution in [0.1, 0.15) is 12.0 Å². The van der Waals surface area contributed by atoms with E-state index in [1.54, 1.807) is 6.07 Å². The molecule has 1 saturated heterocycles. The van der Waals surface area contributed by atoms with Crippen LogP contribution < -0.4 is 10.1 Å². The molecule has 1 aliphatic rings. The van der Waals surface area contributed by atoms with Gasteiger partial charge in [-0.25, -0.2) is 0 Å². The minimum Gasteiger partial charge on any atom is -0.504 e. The summed E-state index contributed by atoms with van der Waals surface area (Å²) in [6.45, 7) is 0. The number of halogens is 1. The fraction of sp³-hybridized carbons (Fsp3) is 0.231. The molecule has 1 aliphatic heterocycles. The van der Waals surface area contributed by atoms with Crippen LogP contribution in [0.4, 0.5) is 0 Å². The molecule has 1 fully saturated rings. The first-order chi connectivity index (χ1) is 10.9. The van der Waals surface area contributed by atoms with Gasteiger partial charge in [0.25, 0.3) is 0 Å². The molecule has 0 radical (unpaired) electrons. The summed E-state index contributed by atoms with van der Waals surface area (Å²) in [5.41, 5.74) is 0.611. The first kappa shape index (κ1) is 17.3. The maximum Gasteiger partial charge on any atom is 0.305 e. The molecule has 0 bridgehead atoms. The number of hydrogen-bond donors (Lipinski definition) is 3. The van der Waals surface area contributed by atoms with E-state index >= 15 is 0 Å². The third-order valence-corrected chi connectivity index (χ3v) is 4.68. The fourth-order valence-corrected chi connectivity index (χ4v) is 3.26. The van der Waals surface area contributed by atoms with Gasteiger partial charge in [0.2, 0.25) is 5.91 Å². The van der Waals surface area contributed by atoms with Gasteiger partial charge in [0, 0.05) is 5.56 Å². The van der Waals surface area contributed by atoms with Gasteiger partial charge in [0.1, 0.15) is 5.25 Å². The molecule has 3 N–H and O–H groups in total. The Balaban J connectivity index is 2.10. The van der Waals surface area contributed by atoms with Crippen LogP contribution in [0.3, 0.4) is 0 Å². The molecule has 1 unspecified atom stereocenters. The highest BCUT2D eigenvalue weighted by molar-refractivity contribution is 9.10. The highest BCUT2D eigenvalue weighted by Crippen LogP contribution is 2.36. The van der Waals surface area contributed by atoms with Crippen molar-refractivity contribution >= 4 is 51.0 Å². The maximum atomic E-state index is 11.5. The Morgan fingerprint density at radius 1 is 1.57 bits per heavy atom. The number of carbonyl (C=O) groups excluding carboxylic acids is 1. The predicted molar refractivity (Wildman–Crippen MR) is 89.2 cm³/mol. The standard InChI is InChI=1S/C13H12BrN3O5S/c1-22-11-7(18)3-2-6(10(11)14)5-15-17-13-16-12(21)8(23-13)4-9(19)20/h2-3,5,8,18H,4H2,1H3,(H,19,20)(H,16,17,21). The van der Waals surface area contributed by atoms with E-state index < -0.39 is 17.1 Å². The lowest BCUT2D eigenvalue weighted by Gasteiger charge is -2.07. The molecule has 1 heterocycles.